The van der Waals surface area contributed by atoms with Crippen LogP contribution in [0.1, 0.15) is 55.4 Å². The molecule has 0 fully saturated rings. The van der Waals surface area contributed by atoms with Crippen molar-refractivity contribution >= 4 is 5.78 Å². The first-order chi connectivity index (χ1) is 10.4. The number of carbonyl (C=O) groups is 1. The Morgan fingerprint density at radius 3 is 1.78 bits per heavy atom. The van der Waals surface area contributed by atoms with Crippen LogP contribution in [0.15, 0.2) is 58.1 Å². The normalized spacial score (nSPS) is 22.9. The number of allylic oxidation sites excluding steroid dienone is 8. The highest BCUT2D eigenvalue weighted by Gasteiger charge is 2.33. The minimum absolute atomic E-state index is 0.0391. The predicted octanol–water partition coefficient (Wildman–Crippen LogP) is 5.65. The topological polar surface area (TPSA) is 26.3 Å². The summed E-state index contributed by atoms with van der Waals surface area (Å²) in [4.78, 5) is 12.1. The highest BCUT2D eigenvalue weighted by Crippen LogP contribution is 2.46. The van der Waals surface area contributed by atoms with Crippen LogP contribution in [0.2, 0.25) is 0 Å². The van der Waals surface area contributed by atoms with Crippen LogP contribution in [-0.4, -0.2) is 5.78 Å². The van der Waals surface area contributed by atoms with Gasteiger partial charge in [0.25, 0.3) is 0 Å². The fraction of sp³-hybridized carbons (Fsp3) is 0.476. The van der Waals surface area contributed by atoms with E-state index in [1.165, 1.54) is 16.7 Å². The SMILES string of the molecule is CC1=COC=C(C(C)(C)C)/C1=C1\C(C)=CC(=O)C=C1C(C)(C)C. The largest absolute Gasteiger partial charge is 0.472 e. The zero-order valence-corrected chi connectivity index (χ0v) is 15.6. The van der Waals surface area contributed by atoms with Crippen LogP contribution in [0.4, 0.5) is 0 Å². The molecule has 1 aliphatic heterocycles. The number of carbonyl (C=O) groups excluding carboxylic acids is 1. The third-order valence-corrected chi connectivity index (χ3v) is 4.27. The molecule has 2 rings (SSSR count). The molecule has 1 heterocycles. The van der Waals surface area contributed by atoms with Gasteiger partial charge in [0.1, 0.15) is 0 Å². The predicted molar refractivity (Wildman–Crippen MR) is 95.7 cm³/mol. The van der Waals surface area contributed by atoms with Gasteiger partial charge in [-0.3, -0.25) is 4.79 Å². The van der Waals surface area contributed by atoms with E-state index in [9.17, 15) is 4.79 Å². The molecule has 2 heteroatoms. The fourth-order valence-electron chi connectivity index (χ4n) is 3.10. The van der Waals surface area contributed by atoms with Gasteiger partial charge < -0.3 is 4.74 Å². The van der Waals surface area contributed by atoms with Crippen LogP contribution in [-0.2, 0) is 9.53 Å². The van der Waals surface area contributed by atoms with Crippen molar-refractivity contribution in [3.63, 3.8) is 0 Å². The molecule has 2 aliphatic rings. The van der Waals surface area contributed by atoms with Crippen LogP contribution in [0.5, 0.6) is 0 Å². The lowest BCUT2D eigenvalue weighted by molar-refractivity contribution is -0.110. The van der Waals surface area contributed by atoms with E-state index >= 15 is 0 Å². The molecule has 23 heavy (non-hydrogen) atoms. The summed E-state index contributed by atoms with van der Waals surface area (Å²) in [5.41, 5.74) is 6.64. The quantitative estimate of drug-likeness (QED) is 0.578. The van der Waals surface area contributed by atoms with Gasteiger partial charge in [0.05, 0.1) is 12.5 Å². The average Bonchev–Trinajstić information content (AvgIpc) is 2.36. The Kier molecular flexibility index (Phi) is 4.32. The standard InChI is InChI=1S/C21H28O2/c1-13-9-15(22)10-16(20(3,4)5)18(13)19-14(2)11-23-12-17(19)21(6,7)8/h9-12H,1-8H3/b19-18+. The maximum atomic E-state index is 12.1. The Balaban J connectivity index is 2.82. The van der Waals surface area contributed by atoms with E-state index in [1.54, 1.807) is 18.4 Å². The van der Waals surface area contributed by atoms with E-state index in [0.29, 0.717) is 0 Å². The summed E-state index contributed by atoms with van der Waals surface area (Å²) < 4.78 is 5.56. The Morgan fingerprint density at radius 1 is 0.739 bits per heavy atom. The highest BCUT2D eigenvalue weighted by atomic mass is 16.5. The first kappa shape index (κ1) is 17.5. The second-order valence-electron chi connectivity index (χ2n) is 8.51. The zero-order valence-electron chi connectivity index (χ0n) is 15.6. The van der Waals surface area contributed by atoms with Gasteiger partial charge >= 0.3 is 0 Å². The molecule has 0 atom stereocenters. The molecular weight excluding hydrogens is 284 g/mol. The molecule has 0 amide bonds. The molecule has 0 unspecified atom stereocenters. The molecule has 0 aromatic rings. The third-order valence-electron chi connectivity index (χ3n) is 4.27. The lowest BCUT2D eigenvalue weighted by Gasteiger charge is -2.35. The second kappa shape index (κ2) is 5.67. The molecule has 2 nitrogen and oxygen atoms in total. The monoisotopic (exact) mass is 312 g/mol. The highest BCUT2D eigenvalue weighted by molar-refractivity contribution is 6.03. The molecular formula is C21H28O2. The van der Waals surface area contributed by atoms with E-state index in [0.717, 1.165) is 16.7 Å². The van der Waals surface area contributed by atoms with Gasteiger partial charge in [0.2, 0.25) is 0 Å². The van der Waals surface area contributed by atoms with Crippen molar-refractivity contribution in [1.29, 1.82) is 0 Å². The van der Waals surface area contributed by atoms with Gasteiger partial charge in [-0.15, -0.1) is 0 Å². The van der Waals surface area contributed by atoms with Gasteiger partial charge in [-0.25, -0.2) is 0 Å². The number of ether oxygens (including phenoxy) is 1. The molecule has 0 N–H and O–H groups in total. The Hall–Kier alpha value is -1.83. The summed E-state index contributed by atoms with van der Waals surface area (Å²) in [6, 6.07) is 0. The molecule has 0 aromatic carbocycles. The van der Waals surface area contributed by atoms with Crippen molar-refractivity contribution in [1.82, 2.24) is 0 Å². The summed E-state index contributed by atoms with van der Waals surface area (Å²) in [5.74, 6) is 0.0757. The van der Waals surface area contributed by atoms with Crippen molar-refractivity contribution in [2.45, 2.75) is 55.4 Å². The number of ketones is 1. The minimum atomic E-state index is -0.102. The lowest BCUT2D eigenvalue weighted by atomic mass is 9.70. The van der Waals surface area contributed by atoms with Crippen LogP contribution < -0.4 is 0 Å². The smallest absolute Gasteiger partial charge is 0.179 e. The minimum Gasteiger partial charge on any atom is -0.472 e. The maximum absolute atomic E-state index is 12.1. The van der Waals surface area contributed by atoms with Crippen molar-refractivity contribution in [3.05, 3.63) is 58.1 Å². The third kappa shape index (κ3) is 3.41. The van der Waals surface area contributed by atoms with Crippen molar-refractivity contribution in [3.8, 4) is 0 Å². The number of hydrogen-bond donors (Lipinski definition) is 0. The number of hydrogen-bond acceptors (Lipinski definition) is 2. The Bertz CT molecular complexity index is 693. The molecule has 0 aromatic heterocycles. The molecule has 0 radical (unpaired) electrons. The van der Waals surface area contributed by atoms with Crippen molar-refractivity contribution in [2.75, 3.05) is 0 Å². The lowest BCUT2D eigenvalue weighted by Crippen LogP contribution is -2.22. The second-order valence-corrected chi connectivity index (χ2v) is 8.51. The van der Waals surface area contributed by atoms with Gasteiger partial charge in [-0.2, -0.15) is 0 Å². The summed E-state index contributed by atoms with van der Waals surface area (Å²) in [7, 11) is 0. The van der Waals surface area contributed by atoms with E-state index < -0.39 is 0 Å². The first-order valence-corrected chi connectivity index (χ1v) is 8.16. The van der Waals surface area contributed by atoms with Gasteiger partial charge in [-0.05, 0) is 64.7 Å². The zero-order chi connectivity index (χ0) is 17.6. The van der Waals surface area contributed by atoms with E-state index in [-0.39, 0.29) is 16.6 Å². The summed E-state index contributed by atoms with van der Waals surface area (Å²) in [5, 5.41) is 0. The maximum Gasteiger partial charge on any atom is 0.179 e. The molecule has 0 spiro atoms. The van der Waals surface area contributed by atoms with Gasteiger partial charge in [0.15, 0.2) is 5.78 Å². The Morgan fingerprint density at radius 2 is 1.26 bits per heavy atom. The van der Waals surface area contributed by atoms with E-state index in [4.69, 9.17) is 4.74 Å². The molecule has 0 saturated carbocycles. The summed E-state index contributed by atoms with van der Waals surface area (Å²) >= 11 is 0. The van der Waals surface area contributed by atoms with Gasteiger partial charge in [-0.1, -0.05) is 41.5 Å². The van der Waals surface area contributed by atoms with Gasteiger partial charge in [0, 0.05) is 5.57 Å². The summed E-state index contributed by atoms with van der Waals surface area (Å²) in [6.45, 7) is 17.1. The van der Waals surface area contributed by atoms with Crippen molar-refractivity contribution < 1.29 is 9.53 Å². The molecule has 0 saturated heterocycles. The summed E-state index contributed by atoms with van der Waals surface area (Å²) in [6.07, 6.45) is 7.17. The molecule has 124 valence electrons. The van der Waals surface area contributed by atoms with Crippen molar-refractivity contribution in [2.24, 2.45) is 10.8 Å². The van der Waals surface area contributed by atoms with Crippen LogP contribution in [0, 0.1) is 10.8 Å². The molecule has 0 bridgehead atoms. The Labute approximate surface area is 140 Å². The van der Waals surface area contributed by atoms with E-state index in [1.807, 2.05) is 13.2 Å². The van der Waals surface area contributed by atoms with Crippen LogP contribution >= 0.6 is 0 Å². The fourth-order valence-corrected chi connectivity index (χ4v) is 3.10. The van der Waals surface area contributed by atoms with E-state index in [2.05, 4.69) is 48.5 Å². The molecule has 1 aliphatic carbocycles. The first-order valence-electron chi connectivity index (χ1n) is 8.16. The average molecular weight is 312 g/mol. The van der Waals surface area contributed by atoms with Crippen LogP contribution in [0.3, 0.4) is 0 Å². The number of rotatable bonds is 0. The van der Waals surface area contributed by atoms with Crippen LogP contribution in [0.25, 0.3) is 0 Å².